The number of methoxy groups -OCH3 is 3. The summed E-state index contributed by atoms with van der Waals surface area (Å²) < 4.78 is 57.5. The average Bonchev–Trinajstić information content (AvgIpc) is 3.15. The Bertz CT molecular complexity index is 900. The number of benzene rings is 1. The largest absolute Gasteiger partial charge is 0.493 e. The average molecular weight is 428 g/mol. The lowest BCUT2D eigenvalue weighted by Gasteiger charge is -2.34. The van der Waals surface area contributed by atoms with Crippen molar-refractivity contribution >= 4 is 11.7 Å². The van der Waals surface area contributed by atoms with Gasteiger partial charge in [0.2, 0.25) is 0 Å². The van der Waals surface area contributed by atoms with E-state index in [9.17, 15) is 18.0 Å². The van der Waals surface area contributed by atoms with Gasteiger partial charge >= 0.3 is 6.18 Å². The first-order valence-corrected chi connectivity index (χ1v) is 9.20. The summed E-state index contributed by atoms with van der Waals surface area (Å²) in [5.74, 6) is 0.345. The van der Waals surface area contributed by atoms with E-state index in [4.69, 9.17) is 14.2 Å². The summed E-state index contributed by atoms with van der Waals surface area (Å²) in [6.07, 6.45) is -3.69. The summed E-state index contributed by atoms with van der Waals surface area (Å²) in [5, 5.41) is 9.48. The first-order chi connectivity index (χ1) is 14.3. The van der Waals surface area contributed by atoms with E-state index in [1.165, 1.54) is 21.3 Å². The van der Waals surface area contributed by atoms with Crippen molar-refractivity contribution in [2.45, 2.75) is 24.7 Å². The fraction of sp³-hybridized carbons (Fsp3) is 0.474. The number of alkyl halides is 3. The quantitative estimate of drug-likeness (QED) is 0.660. The molecule has 2 N–H and O–H groups in total. The zero-order valence-corrected chi connectivity index (χ0v) is 16.7. The van der Waals surface area contributed by atoms with Gasteiger partial charge in [-0.2, -0.15) is 18.3 Å². The van der Waals surface area contributed by atoms with Crippen LogP contribution in [0.4, 0.5) is 19.0 Å². The van der Waals surface area contributed by atoms with Crippen LogP contribution >= 0.6 is 0 Å². The fourth-order valence-corrected chi connectivity index (χ4v) is 3.38. The molecule has 1 aromatic heterocycles. The molecule has 0 bridgehead atoms. The molecule has 1 aliphatic rings. The summed E-state index contributed by atoms with van der Waals surface area (Å²) in [7, 11) is 4.41. The van der Waals surface area contributed by atoms with Gasteiger partial charge in [-0.1, -0.05) is 6.07 Å². The van der Waals surface area contributed by atoms with E-state index in [2.05, 4.69) is 15.7 Å². The van der Waals surface area contributed by atoms with Gasteiger partial charge in [0.25, 0.3) is 5.91 Å². The molecule has 3 rings (SSSR count). The Morgan fingerprint density at radius 2 is 2.00 bits per heavy atom. The Morgan fingerprint density at radius 3 is 2.63 bits per heavy atom. The summed E-state index contributed by atoms with van der Waals surface area (Å²) in [6, 6.07) is 2.31. The number of nitrogens with one attached hydrogen (secondary N) is 2. The third-order valence-corrected chi connectivity index (χ3v) is 4.88. The highest BCUT2D eigenvalue weighted by Crippen LogP contribution is 2.45. The van der Waals surface area contributed by atoms with E-state index in [0.29, 0.717) is 17.1 Å². The smallest absolute Gasteiger partial charge is 0.410 e. The van der Waals surface area contributed by atoms with E-state index in [1.807, 2.05) is 0 Å². The van der Waals surface area contributed by atoms with E-state index < -0.39 is 24.2 Å². The van der Waals surface area contributed by atoms with Crippen LogP contribution in [0.5, 0.6) is 11.5 Å². The van der Waals surface area contributed by atoms with Gasteiger partial charge in [-0.05, 0) is 17.7 Å². The van der Waals surface area contributed by atoms with Crippen molar-refractivity contribution in [3.05, 3.63) is 35.5 Å². The predicted octanol–water partition coefficient (Wildman–Crippen LogP) is 2.94. The van der Waals surface area contributed by atoms with Crippen LogP contribution in [0.15, 0.2) is 24.4 Å². The maximum Gasteiger partial charge on any atom is 0.410 e. The molecule has 11 heteroatoms. The molecule has 0 fully saturated rings. The summed E-state index contributed by atoms with van der Waals surface area (Å²) >= 11 is 0. The number of ether oxygens (including phenoxy) is 3. The van der Waals surface area contributed by atoms with Crippen molar-refractivity contribution in [1.29, 1.82) is 0 Å². The maximum absolute atomic E-state index is 13.8. The molecule has 30 heavy (non-hydrogen) atoms. The van der Waals surface area contributed by atoms with Crippen LogP contribution < -0.4 is 20.1 Å². The molecule has 0 saturated carbocycles. The number of aromatic nitrogens is 2. The lowest BCUT2D eigenvalue weighted by molar-refractivity contribution is -0.173. The molecule has 164 valence electrons. The Labute approximate surface area is 171 Å². The lowest BCUT2D eigenvalue weighted by atomic mass is 9.96. The normalized spacial score (nSPS) is 18.3. The molecule has 0 unspecified atom stereocenters. The van der Waals surface area contributed by atoms with E-state index in [1.54, 1.807) is 18.2 Å². The fourth-order valence-electron chi connectivity index (χ4n) is 3.38. The van der Waals surface area contributed by atoms with E-state index in [-0.39, 0.29) is 31.0 Å². The van der Waals surface area contributed by atoms with Crippen LogP contribution in [0.25, 0.3) is 0 Å². The number of halogens is 3. The molecule has 0 aliphatic carbocycles. The number of nitrogens with zero attached hydrogens (tertiary/aromatic N) is 2. The highest BCUT2D eigenvalue weighted by atomic mass is 19.4. The third kappa shape index (κ3) is 4.30. The highest BCUT2D eigenvalue weighted by molar-refractivity contribution is 5.98. The Kier molecular flexibility index (Phi) is 6.40. The number of fused-ring (bicyclic) bond motifs is 1. The molecule has 2 atom stereocenters. The molecule has 0 radical (unpaired) electrons. The molecule has 0 saturated heterocycles. The molecule has 2 aromatic rings. The number of rotatable bonds is 7. The van der Waals surface area contributed by atoms with Crippen LogP contribution in [0, 0.1) is 0 Å². The number of anilines is 1. The van der Waals surface area contributed by atoms with E-state index in [0.717, 1.165) is 10.9 Å². The van der Waals surface area contributed by atoms with Crippen LogP contribution in [0.1, 0.15) is 34.4 Å². The minimum absolute atomic E-state index is 0.0123. The lowest BCUT2D eigenvalue weighted by Crippen LogP contribution is -2.36. The standard InChI is InChI=1S/C19H23F3N4O4/c1-28-7-6-23-18(27)12-10-24-26-16(19(20,21)22)9-13(25-17(12)26)11-4-5-14(29-2)15(8-11)30-3/h4-5,8,10,13,16,25H,6-7,9H2,1-3H3,(H,23,27)/t13-,16+/m0/s1. The molecule has 0 spiro atoms. The van der Waals surface area contributed by atoms with Gasteiger partial charge < -0.3 is 24.8 Å². The van der Waals surface area contributed by atoms with Gasteiger partial charge in [-0.25, -0.2) is 4.68 Å². The van der Waals surface area contributed by atoms with Gasteiger partial charge in [0, 0.05) is 20.1 Å². The van der Waals surface area contributed by atoms with Crippen molar-refractivity contribution in [1.82, 2.24) is 15.1 Å². The molecular weight excluding hydrogens is 405 g/mol. The van der Waals surface area contributed by atoms with Crippen molar-refractivity contribution in [3.63, 3.8) is 0 Å². The minimum Gasteiger partial charge on any atom is -0.493 e. The number of hydrogen-bond acceptors (Lipinski definition) is 6. The second-order valence-electron chi connectivity index (χ2n) is 6.70. The second-order valence-corrected chi connectivity index (χ2v) is 6.70. The zero-order valence-electron chi connectivity index (χ0n) is 16.7. The van der Waals surface area contributed by atoms with Crippen LogP contribution in [0.2, 0.25) is 0 Å². The van der Waals surface area contributed by atoms with Crippen molar-refractivity contribution < 1.29 is 32.2 Å². The van der Waals surface area contributed by atoms with Gasteiger partial charge in [0.05, 0.1) is 33.1 Å². The number of amides is 1. The monoisotopic (exact) mass is 428 g/mol. The SMILES string of the molecule is COCCNC(=O)c1cnn2c1N[C@H](c1ccc(OC)c(OC)c1)C[C@@H]2C(F)(F)F. The number of carbonyl (C=O) groups is 1. The Morgan fingerprint density at radius 1 is 1.27 bits per heavy atom. The first kappa shape index (κ1) is 21.8. The Balaban J connectivity index is 1.96. The van der Waals surface area contributed by atoms with Gasteiger partial charge in [0.15, 0.2) is 17.5 Å². The number of hydrogen-bond donors (Lipinski definition) is 2. The minimum atomic E-state index is -4.54. The summed E-state index contributed by atoms with van der Waals surface area (Å²) in [5.41, 5.74) is 0.602. The van der Waals surface area contributed by atoms with Gasteiger partial charge in [-0.3, -0.25) is 4.79 Å². The highest BCUT2D eigenvalue weighted by Gasteiger charge is 2.47. The van der Waals surface area contributed by atoms with Gasteiger partial charge in [-0.15, -0.1) is 0 Å². The molecule has 1 amide bonds. The van der Waals surface area contributed by atoms with Crippen LogP contribution in [-0.4, -0.2) is 56.3 Å². The second kappa shape index (κ2) is 8.82. The van der Waals surface area contributed by atoms with Crippen LogP contribution in [-0.2, 0) is 4.74 Å². The van der Waals surface area contributed by atoms with E-state index >= 15 is 0 Å². The van der Waals surface area contributed by atoms with Crippen LogP contribution in [0.3, 0.4) is 0 Å². The Hall–Kier alpha value is -2.95. The summed E-state index contributed by atoms with van der Waals surface area (Å²) in [6.45, 7) is 0.504. The molecule has 1 aliphatic heterocycles. The zero-order chi connectivity index (χ0) is 21.9. The summed E-state index contributed by atoms with van der Waals surface area (Å²) in [4.78, 5) is 12.5. The van der Waals surface area contributed by atoms with Crippen molar-refractivity contribution in [2.75, 3.05) is 39.8 Å². The molecule has 8 nitrogen and oxygen atoms in total. The van der Waals surface area contributed by atoms with Gasteiger partial charge in [0.1, 0.15) is 11.4 Å². The maximum atomic E-state index is 13.8. The molecule has 1 aromatic carbocycles. The van der Waals surface area contributed by atoms with Crippen molar-refractivity contribution in [3.8, 4) is 11.5 Å². The molecular formula is C19H23F3N4O4. The third-order valence-electron chi connectivity index (χ3n) is 4.88. The first-order valence-electron chi connectivity index (χ1n) is 9.20. The topological polar surface area (TPSA) is 86.6 Å². The molecule has 2 heterocycles. The predicted molar refractivity (Wildman–Crippen MR) is 102 cm³/mol. The van der Waals surface area contributed by atoms with Crippen molar-refractivity contribution in [2.24, 2.45) is 0 Å². The number of carbonyl (C=O) groups excluding carboxylic acids is 1.